The van der Waals surface area contributed by atoms with E-state index in [0.717, 1.165) is 0 Å². The van der Waals surface area contributed by atoms with E-state index < -0.39 is 48.3 Å². The van der Waals surface area contributed by atoms with Gasteiger partial charge in [0.1, 0.15) is 0 Å². The summed E-state index contributed by atoms with van der Waals surface area (Å²) >= 11 is 0. The van der Waals surface area contributed by atoms with Crippen molar-refractivity contribution in [3.8, 4) is 0 Å². The fourth-order valence-electron chi connectivity index (χ4n) is 5.59. The molecule has 184 valence electrons. The number of alkyl halides is 3. The molecule has 11 heteroatoms. The van der Waals surface area contributed by atoms with Crippen molar-refractivity contribution in [1.29, 1.82) is 0 Å². The molecule has 5 rings (SSSR count). The first-order chi connectivity index (χ1) is 16.0. The largest absolute Gasteiger partial charge is 0.480 e. The maximum absolute atomic E-state index is 13.4. The highest BCUT2D eigenvalue weighted by atomic mass is 19.4. The minimum atomic E-state index is -4.62. The first kappa shape index (κ1) is 23.1. The maximum Gasteiger partial charge on any atom is 0.393 e. The molecule has 3 aliphatic rings. The van der Waals surface area contributed by atoms with Crippen LogP contribution >= 0.6 is 0 Å². The summed E-state index contributed by atoms with van der Waals surface area (Å²) in [5.41, 5.74) is 5.71. The highest BCUT2D eigenvalue weighted by Gasteiger charge is 2.59. The molecule has 1 amide bonds. The van der Waals surface area contributed by atoms with Crippen molar-refractivity contribution in [3.05, 3.63) is 29.7 Å². The van der Waals surface area contributed by atoms with Crippen molar-refractivity contribution in [2.24, 2.45) is 34.8 Å². The van der Waals surface area contributed by atoms with Crippen molar-refractivity contribution < 1.29 is 27.9 Å². The third kappa shape index (κ3) is 3.83. The molecule has 0 spiro atoms. The molecule has 2 saturated carbocycles. The SMILES string of the molecule is CC(c1ccc2nc(C(N)C(C3CC3)C3CC3)cn2n1)C1(C(=O)O)C[C@@H](C(F)(F)F)CNC1=O. The van der Waals surface area contributed by atoms with Crippen LogP contribution in [0.1, 0.15) is 62.4 Å². The smallest absolute Gasteiger partial charge is 0.393 e. The van der Waals surface area contributed by atoms with Gasteiger partial charge < -0.3 is 16.2 Å². The molecule has 34 heavy (non-hydrogen) atoms. The van der Waals surface area contributed by atoms with E-state index in [9.17, 15) is 27.9 Å². The second kappa shape index (κ2) is 7.93. The molecular weight excluding hydrogens is 451 g/mol. The van der Waals surface area contributed by atoms with Gasteiger partial charge in [0, 0.05) is 12.5 Å². The molecule has 3 unspecified atom stereocenters. The number of amides is 1. The van der Waals surface area contributed by atoms with Crippen LogP contribution in [0.2, 0.25) is 0 Å². The van der Waals surface area contributed by atoms with Crippen LogP contribution in [0.3, 0.4) is 0 Å². The summed E-state index contributed by atoms with van der Waals surface area (Å²) in [7, 11) is 0. The van der Waals surface area contributed by atoms with E-state index in [2.05, 4.69) is 15.4 Å². The van der Waals surface area contributed by atoms with Crippen LogP contribution < -0.4 is 11.1 Å². The summed E-state index contributed by atoms with van der Waals surface area (Å²) < 4.78 is 41.8. The zero-order chi connectivity index (χ0) is 24.4. The molecule has 2 aromatic rings. The Bertz CT molecular complexity index is 1110. The normalized spacial score (nSPS) is 27.6. The fraction of sp³-hybridized carbons (Fsp3) is 0.652. The van der Waals surface area contributed by atoms with Gasteiger partial charge in [-0.25, -0.2) is 9.50 Å². The zero-order valence-corrected chi connectivity index (χ0v) is 18.8. The number of nitrogens with two attached hydrogens (primary N) is 1. The van der Waals surface area contributed by atoms with Crippen LogP contribution in [0.5, 0.6) is 0 Å². The number of carbonyl (C=O) groups excluding carboxylic acids is 1. The van der Waals surface area contributed by atoms with Crippen molar-refractivity contribution in [2.45, 2.75) is 57.2 Å². The maximum atomic E-state index is 13.4. The third-order valence-electron chi connectivity index (χ3n) is 7.96. The van der Waals surface area contributed by atoms with E-state index in [1.54, 1.807) is 12.3 Å². The molecule has 3 heterocycles. The molecule has 1 aliphatic heterocycles. The van der Waals surface area contributed by atoms with Crippen LogP contribution in [0.15, 0.2) is 18.3 Å². The molecule has 2 aromatic heterocycles. The van der Waals surface area contributed by atoms with Gasteiger partial charge in [-0.3, -0.25) is 9.59 Å². The molecule has 4 N–H and O–H groups in total. The summed E-state index contributed by atoms with van der Waals surface area (Å²) in [6.07, 6.45) is 0.964. The second-order valence-corrected chi connectivity index (χ2v) is 10.2. The molecule has 4 atom stereocenters. The second-order valence-electron chi connectivity index (χ2n) is 10.2. The van der Waals surface area contributed by atoms with Gasteiger partial charge in [-0.2, -0.15) is 18.3 Å². The van der Waals surface area contributed by atoms with Gasteiger partial charge in [-0.05, 0) is 62.0 Å². The Morgan fingerprint density at radius 2 is 1.88 bits per heavy atom. The number of carboxylic acid groups (broad SMARTS) is 1. The van der Waals surface area contributed by atoms with Gasteiger partial charge in [0.15, 0.2) is 11.1 Å². The number of carbonyl (C=O) groups is 2. The van der Waals surface area contributed by atoms with E-state index in [-0.39, 0.29) is 11.7 Å². The van der Waals surface area contributed by atoms with Gasteiger partial charge in [0.2, 0.25) is 5.91 Å². The standard InChI is InChI=1S/C23H28F3N5O3/c1-11(22(21(33)34)8-14(23(24,25)26)9-28-20(22)32)15-6-7-17-29-16(10-31(17)30-15)19(27)18(12-2-3-12)13-4-5-13/h6-7,10-14,18-19H,2-5,8-9,27H2,1H3,(H,28,32)(H,33,34)/t11?,14-,19?,22?/m1/s1. The Kier molecular flexibility index (Phi) is 5.38. The summed E-state index contributed by atoms with van der Waals surface area (Å²) in [5.74, 6) is -3.96. The first-order valence-corrected chi connectivity index (χ1v) is 11.7. The molecule has 0 aromatic carbocycles. The number of carboxylic acids is 1. The number of nitrogens with one attached hydrogen (secondary N) is 1. The van der Waals surface area contributed by atoms with E-state index >= 15 is 0 Å². The zero-order valence-electron chi connectivity index (χ0n) is 18.8. The van der Waals surface area contributed by atoms with Crippen LogP contribution in [-0.4, -0.2) is 44.3 Å². The number of nitrogens with zero attached hydrogens (tertiary/aromatic N) is 3. The Hall–Kier alpha value is -2.69. The van der Waals surface area contributed by atoms with Gasteiger partial charge in [-0.15, -0.1) is 0 Å². The Morgan fingerprint density at radius 3 is 2.44 bits per heavy atom. The molecule has 0 radical (unpaired) electrons. The number of hydrogen-bond acceptors (Lipinski definition) is 5. The number of piperidine rings is 1. The van der Waals surface area contributed by atoms with Crippen molar-refractivity contribution >= 4 is 17.5 Å². The molecule has 2 aliphatic carbocycles. The van der Waals surface area contributed by atoms with Gasteiger partial charge in [0.25, 0.3) is 0 Å². The average molecular weight is 480 g/mol. The van der Waals surface area contributed by atoms with E-state index in [1.807, 2.05) is 0 Å². The molecule has 1 saturated heterocycles. The van der Waals surface area contributed by atoms with Crippen molar-refractivity contribution in [3.63, 3.8) is 0 Å². The quantitative estimate of drug-likeness (QED) is 0.525. The Labute approximate surface area is 194 Å². The van der Waals surface area contributed by atoms with Crippen molar-refractivity contribution in [1.82, 2.24) is 19.9 Å². The lowest BCUT2D eigenvalue weighted by molar-refractivity contribution is -0.195. The Balaban J connectivity index is 1.46. The van der Waals surface area contributed by atoms with Gasteiger partial charge in [0.05, 0.1) is 29.5 Å². The molecule has 3 fully saturated rings. The lowest BCUT2D eigenvalue weighted by atomic mass is 9.66. The minimum absolute atomic E-state index is 0.200. The highest BCUT2D eigenvalue weighted by molar-refractivity contribution is 6.03. The number of halogens is 3. The summed E-state index contributed by atoms with van der Waals surface area (Å²) in [4.78, 5) is 29.6. The number of rotatable bonds is 7. The summed E-state index contributed by atoms with van der Waals surface area (Å²) in [5, 5.41) is 16.6. The first-order valence-electron chi connectivity index (χ1n) is 11.7. The van der Waals surface area contributed by atoms with Crippen LogP contribution in [0.25, 0.3) is 5.65 Å². The number of fused-ring (bicyclic) bond motifs is 1. The number of aromatic nitrogens is 3. The highest BCUT2D eigenvalue weighted by Crippen LogP contribution is 2.53. The predicted octanol–water partition coefficient (Wildman–Crippen LogP) is 3.04. The van der Waals surface area contributed by atoms with E-state index in [1.165, 1.54) is 43.2 Å². The Morgan fingerprint density at radius 1 is 1.24 bits per heavy atom. The summed E-state index contributed by atoms with van der Waals surface area (Å²) in [6.45, 7) is 0.795. The number of aliphatic carboxylic acids is 1. The average Bonchev–Trinajstić information content (AvgIpc) is 3.71. The van der Waals surface area contributed by atoms with E-state index in [0.29, 0.717) is 29.1 Å². The monoisotopic (exact) mass is 479 g/mol. The van der Waals surface area contributed by atoms with Crippen molar-refractivity contribution in [2.75, 3.05) is 6.54 Å². The fourth-order valence-corrected chi connectivity index (χ4v) is 5.59. The summed E-state index contributed by atoms with van der Waals surface area (Å²) in [6, 6.07) is 2.93. The molecular formula is C23H28F3N5O3. The number of imidazole rings is 1. The minimum Gasteiger partial charge on any atom is -0.480 e. The van der Waals surface area contributed by atoms with Crippen LogP contribution in [0.4, 0.5) is 13.2 Å². The lowest BCUT2D eigenvalue weighted by Gasteiger charge is -2.40. The molecule has 8 nitrogen and oxygen atoms in total. The number of hydrogen-bond donors (Lipinski definition) is 3. The van der Waals surface area contributed by atoms with Crippen LogP contribution in [0, 0.1) is 29.1 Å². The predicted molar refractivity (Wildman–Crippen MR) is 115 cm³/mol. The third-order valence-corrected chi connectivity index (χ3v) is 7.96. The topological polar surface area (TPSA) is 123 Å². The lowest BCUT2D eigenvalue weighted by Crippen LogP contribution is -2.58. The van der Waals surface area contributed by atoms with Gasteiger partial charge >= 0.3 is 12.1 Å². The van der Waals surface area contributed by atoms with Crippen LogP contribution in [-0.2, 0) is 9.59 Å². The molecule has 0 bridgehead atoms. The van der Waals surface area contributed by atoms with Gasteiger partial charge in [-0.1, -0.05) is 6.92 Å². The van der Waals surface area contributed by atoms with E-state index in [4.69, 9.17) is 5.73 Å².